The maximum absolute atomic E-state index is 14.0. The molecule has 15 heteroatoms. The third-order valence-electron chi connectivity index (χ3n) is 6.51. The molecule has 5 atom stereocenters. The predicted molar refractivity (Wildman–Crippen MR) is 137 cm³/mol. The van der Waals surface area contributed by atoms with Gasteiger partial charge in [0.1, 0.15) is 18.5 Å². The molecule has 9 nitrogen and oxygen atoms in total. The highest BCUT2D eigenvalue weighted by Gasteiger charge is 2.48. The maximum Gasteiger partial charge on any atom is 0.437 e. The van der Waals surface area contributed by atoms with Gasteiger partial charge in [0.05, 0.1) is 17.4 Å². The van der Waals surface area contributed by atoms with Crippen LogP contribution in [0.25, 0.3) is 17.1 Å². The molecule has 42 heavy (non-hydrogen) atoms. The normalized spacial score (nSPS) is 23.7. The van der Waals surface area contributed by atoms with Crippen LogP contribution in [0, 0.1) is 0 Å². The summed E-state index contributed by atoms with van der Waals surface area (Å²) in [6.07, 6.45) is -12.2. The van der Waals surface area contributed by atoms with Crippen molar-refractivity contribution in [1.29, 1.82) is 0 Å². The third kappa shape index (κ3) is 6.91. The van der Waals surface area contributed by atoms with Crippen molar-refractivity contribution in [1.82, 2.24) is 14.8 Å². The molecule has 0 radical (unpaired) electrons. The highest BCUT2D eigenvalue weighted by molar-refractivity contribution is 6.04. The van der Waals surface area contributed by atoms with Gasteiger partial charge in [-0.1, -0.05) is 29.4 Å². The van der Waals surface area contributed by atoms with Gasteiger partial charge in [-0.15, -0.1) is 5.10 Å². The molecule has 2 heterocycles. The second-order valence-corrected chi connectivity index (χ2v) is 9.21. The predicted octanol–water partition coefficient (Wildman–Crippen LogP) is 5.42. The van der Waals surface area contributed by atoms with Crippen molar-refractivity contribution in [3.8, 4) is 17.1 Å². The van der Waals surface area contributed by atoms with Crippen molar-refractivity contribution in [2.24, 2.45) is 5.16 Å². The van der Waals surface area contributed by atoms with Crippen LogP contribution in [0.3, 0.4) is 0 Å². The maximum atomic E-state index is 14.0. The third-order valence-corrected chi connectivity index (χ3v) is 6.51. The van der Waals surface area contributed by atoms with E-state index in [1.807, 2.05) is 0 Å². The average molecular weight is 603 g/mol. The highest BCUT2D eigenvalue weighted by Crippen LogP contribution is 2.31. The van der Waals surface area contributed by atoms with Crippen LogP contribution < -0.4 is 0 Å². The molecular weight excluding hydrogens is 574 g/mol. The standard InChI is InChI=1S/C27H28F6N4O5/c1-5-40-21-20(38-3)15(2)41-25(22(21)39-4)42-36-23(27(31,32)33)16-6-8-17(9-7-16)24-34-14-37(35-24)19-12-10-18(11-13-19)26(28,29)30/h6-15,20-22,25H,5H2,1-4H3/t15-,20-,21+,22+,25-/m0/s1. The van der Waals surface area contributed by atoms with Crippen LogP contribution in [0.2, 0.25) is 0 Å². The number of alkyl halides is 6. The molecule has 1 aliphatic rings. The molecule has 0 N–H and O–H groups in total. The lowest BCUT2D eigenvalue weighted by Crippen LogP contribution is -2.59. The quantitative estimate of drug-likeness (QED) is 0.184. The fraction of sp³-hybridized carbons (Fsp3) is 0.444. The van der Waals surface area contributed by atoms with E-state index in [4.69, 9.17) is 23.8 Å². The van der Waals surface area contributed by atoms with Crippen molar-refractivity contribution < 1.29 is 50.1 Å². The Labute approximate surface area is 237 Å². The first kappa shape index (κ1) is 31.4. The topological polar surface area (TPSA) is 89.2 Å². The summed E-state index contributed by atoms with van der Waals surface area (Å²) in [6, 6.07) is 9.33. The van der Waals surface area contributed by atoms with E-state index in [-0.39, 0.29) is 11.4 Å². The number of hydrogen-bond donors (Lipinski definition) is 0. The molecule has 0 bridgehead atoms. The lowest BCUT2D eigenvalue weighted by Gasteiger charge is -2.42. The summed E-state index contributed by atoms with van der Waals surface area (Å²) >= 11 is 0. The molecule has 1 aromatic heterocycles. The number of aromatic nitrogens is 3. The largest absolute Gasteiger partial charge is 0.437 e. The first-order valence-electron chi connectivity index (χ1n) is 12.7. The van der Waals surface area contributed by atoms with Crippen LogP contribution >= 0.6 is 0 Å². The minimum absolute atomic E-state index is 0.144. The Kier molecular flexibility index (Phi) is 9.55. The zero-order valence-corrected chi connectivity index (χ0v) is 22.9. The SMILES string of the molecule is CCO[C@@H]1[C@@H](OC)[C@H](C)O[C@@H](ON=C(c2ccc(-c3ncn(-c4ccc(C(F)(F)F)cc4)n3)cc2)C(F)(F)F)[C@@H]1OC. The molecule has 1 aliphatic heterocycles. The van der Waals surface area contributed by atoms with Crippen molar-refractivity contribution in [3.05, 3.63) is 66.0 Å². The summed E-state index contributed by atoms with van der Waals surface area (Å²) in [5.41, 5.74) is -1.75. The number of nitrogens with zero attached hydrogens (tertiary/aromatic N) is 4. The summed E-state index contributed by atoms with van der Waals surface area (Å²) in [4.78, 5) is 9.37. The summed E-state index contributed by atoms with van der Waals surface area (Å²) in [5, 5.41) is 7.63. The van der Waals surface area contributed by atoms with Crippen LogP contribution in [0.5, 0.6) is 0 Å². The van der Waals surface area contributed by atoms with Gasteiger partial charge in [-0.05, 0) is 38.1 Å². The highest BCUT2D eigenvalue weighted by atomic mass is 19.4. The van der Waals surface area contributed by atoms with E-state index < -0.39 is 54.3 Å². The number of oxime groups is 1. The number of hydrogen-bond acceptors (Lipinski definition) is 8. The lowest BCUT2D eigenvalue weighted by molar-refractivity contribution is -0.308. The fourth-order valence-electron chi connectivity index (χ4n) is 4.49. The molecule has 1 fully saturated rings. The van der Waals surface area contributed by atoms with E-state index >= 15 is 0 Å². The van der Waals surface area contributed by atoms with E-state index in [9.17, 15) is 26.3 Å². The smallest absolute Gasteiger partial charge is 0.376 e. The Morgan fingerprint density at radius 1 is 0.929 bits per heavy atom. The molecule has 0 aliphatic carbocycles. The van der Waals surface area contributed by atoms with E-state index in [2.05, 4.69) is 15.2 Å². The molecule has 3 aromatic rings. The zero-order chi connectivity index (χ0) is 30.7. The van der Waals surface area contributed by atoms with E-state index in [0.717, 1.165) is 12.1 Å². The molecule has 0 amide bonds. The minimum Gasteiger partial charge on any atom is -0.376 e. The summed E-state index contributed by atoms with van der Waals surface area (Å²) in [6.45, 7) is 3.72. The van der Waals surface area contributed by atoms with Crippen molar-refractivity contribution in [2.75, 3.05) is 20.8 Å². The second-order valence-electron chi connectivity index (χ2n) is 9.21. The van der Waals surface area contributed by atoms with Gasteiger partial charge in [-0.3, -0.25) is 0 Å². The van der Waals surface area contributed by atoms with Crippen LogP contribution in [0.1, 0.15) is 25.0 Å². The molecule has 0 spiro atoms. The first-order valence-corrected chi connectivity index (χ1v) is 12.7. The van der Waals surface area contributed by atoms with Crippen molar-refractivity contribution in [2.45, 2.75) is 56.9 Å². The Bertz CT molecular complexity index is 1340. The Morgan fingerprint density at radius 2 is 1.57 bits per heavy atom. The minimum atomic E-state index is -4.89. The molecule has 4 rings (SSSR count). The first-order chi connectivity index (χ1) is 19.9. The summed E-state index contributed by atoms with van der Waals surface area (Å²) < 4.78 is 104. The number of benzene rings is 2. The van der Waals surface area contributed by atoms with E-state index in [1.165, 1.54) is 61.6 Å². The van der Waals surface area contributed by atoms with E-state index in [0.29, 0.717) is 17.9 Å². The Morgan fingerprint density at radius 3 is 2.12 bits per heavy atom. The van der Waals surface area contributed by atoms with Crippen LogP contribution in [-0.2, 0) is 30.0 Å². The summed E-state index contributed by atoms with van der Waals surface area (Å²) in [7, 11) is 2.81. The van der Waals surface area contributed by atoms with Crippen molar-refractivity contribution >= 4 is 5.71 Å². The molecule has 2 aromatic carbocycles. The number of ether oxygens (including phenoxy) is 4. The number of rotatable bonds is 9. The zero-order valence-electron chi connectivity index (χ0n) is 22.9. The molecule has 0 unspecified atom stereocenters. The molecular formula is C27H28F6N4O5. The van der Waals surface area contributed by atoms with Gasteiger partial charge >= 0.3 is 12.4 Å². The molecule has 0 saturated carbocycles. The van der Waals surface area contributed by atoms with Crippen LogP contribution in [0.4, 0.5) is 26.3 Å². The van der Waals surface area contributed by atoms with Gasteiger partial charge in [0.15, 0.2) is 17.6 Å². The van der Waals surface area contributed by atoms with Gasteiger partial charge in [0.25, 0.3) is 6.29 Å². The molecule has 1 saturated heterocycles. The van der Waals surface area contributed by atoms with Gasteiger partial charge in [-0.25, -0.2) is 9.67 Å². The fourth-order valence-corrected chi connectivity index (χ4v) is 4.49. The van der Waals surface area contributed by atoms with Crippen LogP contribution in [0.15, 0.2) is 60.0 Å². The van der Waals surface area contributed by atoms with Crippen LogP contribution in [-0.4, -0.2) is 78.2 Å². The molecule has 228 valence electrons. The van der Waals surface area contributed by atoms with Gasteiger partial charge in [0, 0.05) is 32.0 Å². The Balaban J connectivity index is 1.54. The Hall–Kier alpha value is -3.53. The van der Waals surface area contributed by atoms with Gasteiger partial charge < -0.3 is 23.8 Å². The number of halogens is 6. The second kappa shape index (κ2) is 12.8. The number of methoxy groups -OCH3 is 2. The van der Waals surface area contributed by atoms with E-state index in [1.54, 1.807) is 13.8 Å². The van der Waals surface area contributed by atoms with Gasteiger partial charge in [-0.2, -0.15) is 26.3 Å². The average Bonchev–Trinajstić information content (AvgIpc) is 3.43. The monoisotopic (exact) mass is 602 g/mol. The van der Waals surface area contributed by atoms with Crippen molar-refractivity contribution in [3.63, 3.8) is 0 Å². The van der Waals surface area contributed by atoms with Gasteiger partial charge in [0.2, 0.25) is 0 Å². The lowest BCUT2D eigenvalue weighted by atomic mass is 9.99. The summed E-state index contributed by atoms with van der Waals surface area (Å²) in [5.74, 6) is 0.144.